The number of rotatable bonds is 6. The number of ether oxygens (including phenoxy) is 1. The van der Waals surface area contributed by atoms with Crippen molar-refractivity contribution in [1.29, 1.82) is 0 Å². The number of nitrogens with zero attached hydrogens (tertiary/aromatic N) is 1. The van der Waals surface area contributed by atoms with Crippen molar-refractivity contribution in [2.45, 2.75) is 38.5 Å². The van der Waals surface area contributed by atoms with Crippen LogP contribution >= 0.6 is 0 Å². The van der Waals surface area contributed by atoms with Crippen LogP contribution in [0, 0.1) is 5.92 Å². The highest BCUT2D eigenvalue weighted by Gasteiger charge is 2.31. The summed E-state index contributed by atoms with van der Waals surface area (Å²) in [6.45, 7) is 2.73. The summed E-state index contributed by atoms with van der Waals surface area (Å²) in [5.74, 6) is -1.47. The molecule has 0 saturated carbocycles. The Bertz CT molecular complexity index is 630. The van der Waals surface area contributed by atoms with Crippen LogP contribution in [0.25, 0.3) is 0 Å². The average Bonchev–Trinajstić information content (AvgIpc) is 2.58. The van der Waals surface area contributed by atoms with Gasteiger partial charge in [0, 0.05) is 19.0 Å². The largest absolute Gasteiger partial charge is 0.481 e. The lowest BCUT2D eigenvalue weighted by Gasteiger charge is -2.34. The fourth-order valence-electron chi connectivity index (χ4n) is 3.02. The van der Waals surface area contributed by atoms with Crippen LogP contribution in [0.1, 0.15) is 30.9 Å². The topological polar surface area (TPSA) is 66.8 Å². The predicted octanol–water partition coefficient (Wildman–Crippen LogP) is 2.98. The molecule has 8 heteroatoms. The number of alkyl halides is 3. The molecule has 1 fully saturated rings. The number of halogens is 3. The lowest BCUT2D eigenvalue weighted by atomic mass is 9.94. The minimum absolute atomic E-state index is 0.119. The van der Waals surface area contributed by atoms with Crippen molar-refractivity contribution >= 4 is 11.9 Å². The second-order valence-electron chi connectivity index (χ2n) is 6.38. The lowest BCUT2D eigenvalue weighted by molar-refractivity contribution is -0.149. The summed E-state index contributed by atoms with van der Waals surface area (Å²) in [7, 11) is 0. The van der Waals surface area contributed by atoms with Crippen molar-refractivity contribution in [3.05, 3.63) is 35.4 Å². The number of morpholine rings is 1. The molecule has 1 aliphatic heterocycles. The van der Waals surface area contributed by atoms with E-state index in [1.54, 1.807) is 4.90 Å². The molecular formula is C18H22F3NO4. The summed E-state index contributed by atoms with van der Waals surface area (Å²) in [5.41, 5.74) is -0.0566. The molecule has 1 aliphatic rings. The molecule has 1 aromatic rings. The molecule has 0 aromatic heterocycles. The molecule has 0 spiro atoms. The van der Waals surface area contributed by atoms with Gasteiger partial charge in [-0.1, -0.05) is 19.1 Å². The van der Waals surface area contributed by atoms with Crippen LogP contribution < -0.4 is 0 Å². The minimum atomic E-state index is -4.38. The van der Waals surface area contributed by atoms with E-state index in [0.717, 1.165) is 12.1 Å². The van der Waals surface area contributed by atoms with Gasteiger partial charge in [-0.15, -0.1) is 0 Å². The van der Waals surface area contributed by atoms with Crippen LogP contribution in [0.2, 0.25) is 0 Å². The first-order valence-electron chi connectivity index (χ1n) is 8.49. The first-order chi connectivity index (χ1) is 12.2. The maximum absolute atomic E-state index is 12.7. The summed E-state index contributed by atoms with van der Waals surface area (Å²) < 4.78 is 43.3. The molecule has 1 N–H and O–H groups in total. The van der Waals surface area contributed by atoms with Gasteiger partial charge in [-0.2, -0.15) is 13.2 Å². The fraction of sp³-hybridized carbons (Fsp3) is 0.556. The highest BCUT2D eigenvalue weighted by molar-refractivity contribution is 5.79. The molecule has 1 saturated heterocycles. The van der Waals surface area contributed by atoms with Gasteiger partial charge < -0.3 is 14.7 Å². The maximum atomic E-state index is 12.7. The molecule has 0 radical (unpaired) electrons. The van der Waals surface area contributed by atoms with Crippen molar-refractivity contribution in [3.8, 4) is 0 Å². The Balaban J connectivity index is 2.01. The van der Waals surface area contributed by atoms with E-state index in [1.165, 1.54) is 12.1 Å². The fourth-order valence-corrected chi connectivity index (χ4v) is 3.02. The number of hydrogen-bond donors (Lipinski definition) is 1. The van der Waals surface area contributed by atoms with Crippen molar-refractivity contribution in [1.82, 2.24) is 4.90 Å². The molecule has 0 bridgehead atoms. The quantitative estimate of drug-likeness (QED) is 0.833. The van der Waals surface area contributed by atoms with Gasteiger partial charge in [-0.3, -0.25) is 9.59 Å². The van der Waals surface area contributed by atoms with Gasteiger partial charge in [-0.25, -0.2) is 0 Å². The van der Waals surface area contributed by atoms with Gasteiger partial charge >= 0.3 is 12.1 Å². The van der Waals surface area contributed by atoms with E-state index in [9.17, 15) is 22.8 Å². The Hall–Kier alpha value is -2.09. The molecule has 26 heavy (non-hydrogen) atoms. The number of amides is 1. The van der Waals surface area contributed by atoms with Gasteiger partial charge in [0.1, 0.15) is 0 Å². The summed E-state index contributed by atoms with van der Waals surface area (Å²) in [5, 5.41) is 8.86. The third-order valence-corrected chi connectivity index (χ3v) is 4.46. The van der Waals surface area contributed by atoms with Crippen LogP contribution in [0.3, 0.4) is 0 Å². The number of benzene rings is 1. The molecule has 1 heterocycles. The normalized spacial score (nSPS) is 19.2. The van der Waals surface area contributed by atoms with E-state index in [0.29, 0.717) is 24.9 Å². The number of carboxylic acids is 1. The average molecular weight is 373 g/mol. The zero-order valence-corrected chi connectivity index (χ0v) is 14.5. The highest BCUT2D eigenvalue weighted by atomic mass is 19.4. The van der Waals surface area contributed by atoms with Gasteiger partial charge in [0.25, 0.3) is 0 Å². The lowest BCUT2D eigenvalue weighted by Crippen LogP contribution is -2.48. The van der Waals surface area contributed by atoms with E-state index in [-0.39, 0.29) is 31.4 Å². The van der Waals surface area contributed by atoms with Crippen molar-refractivity contribution in [2.75, 3.05) is 19.7 Å². The third-order valence-electron chi connectivity index (χ3n) is 4.46. The van der Waals surface area contributed by atoms with Gasteiger partial charge in [-0.05, 0) is 30.5 Å². The summed E-state index contributed by atoms with van der Waals surface area (Å²) >= 11 is 0. The van der Waals surface area contributed by atoms with E-state index in [4.69, 9.17) is 9.84 Å². The molecule has 1 aromatic carbocycles. The molecule has 1 amide bonds. The summed E-state index contributed by atoms with van der Waals surface area (Å²) in [6, 6.07) is 4.82. The SMILES string of the molecule is CCC(Cc1ccc(C(F)(F)F)cc1)C(=O)N1CCOC(CC(=O)O)C1. The Labute approximate surface area is 149 Å². The van der Waals surface area contributed by atoms with Gasteiger partial charge in [0.15, 0.2) is 0 Å². The maximum Gasteiger partial charge on any atom is 0.416 e. The van der Waals surface area contributed by atoms with Crippen molar-refractivity contribution in [2.24, 2.45) is 5.92 Å². The molecule has 2 atom stereocenters. The summed E-state index contributed by atoms with van der Waals surface area (Å²) in [4.78, 5) is 25.1. The second-order valence-corrected chi connectivity index (χ2v) is 6.38. The standard InChI is InChI=1S/C18H22F3NO4/c1-2-13(9-12-3-5-14(6-4-12)18(19,20)21)17(25)22-7-8-26-15(11-22)10-16(23)24/h3-6,13,15H,2,7-11H2,1H3,(H,23,24). The Kier molecular flexibility index (Phi) is 6.63. The monoisotopic (exact) mass is 373 g/mol. The summed E-state index contributed by atoms with van der Waals surface area (Å²) in [6.07, 6.45) is -4.20. The Morgan fingerprint density at radius 2 is 1.96 bits per heavy atom. The van der Waals surface area contributed by atoms with Crippen LogP contribution in [0.15, 0.2) is 24.3 Å². The molecule has 2 rings (SSSR count). The van der Waals surface area contributed by atoms with Crippen molar-refractivity contribution < 1.29 is 32.6 Å². The molecule has 0 aliphatic carbocycles. The number of hydrogen-bond acceptors (Lipinski definition) is 3. The van der Waals surface area contributed by atoms with Crippen LogP contribution in [-0.2, 0) is 26.9 Å². The molecule has 2 unspecified atom stereocenters. The van der Waals surface area contributed by atoms with Crippen molar-refractivity contribution in [3.63, 3.8) is 0 Å². The first kappa shape index (κ1) is 20.2. The Morgan fingerprint density at radius 1 is 1.31 bits per heavy atom. The smallest absolute Gasteiger partial charge is 0.416 e. The van der Waals surface area contributed by atoms with E-state index in [2.05, 4.69) is 0 Å². The zero-order chi connectivity index (χ0) is 19.3. The zero-order valence-electron chi connectivity index (χ0n) is 14.5. The van der Waals surface area contributed by atoms with Gasteiger partial charge in [0.2, 0.25) is 5.91 Å². The van der Waals surface area contributed by atoms with Gasteiger partial charge in [0.05, 0.1) is 24.7 Å². The van der Waals surface area contributed by atoms with E-state index < -0.39 is 23.8 Å². The predicted molar refractivity (Wildman–Crippen MR) is 87.5 cm³/mol. The minimum Gasteiger partial charge on any atom is -0.481 e. The van der Waals surface area contributed by atoms with Crippen LogP contribution in [-0.4, -0.2) is 47.7 Å². The Morgan fingerprint density at radius 3 is 2.50 bits per heavy atom. The van der Waals surface area contributed by atoms with Crippen LogP contribution in [0.5, 0.6) is 0 Å². The number of carbonyl (C=O) groups is 2. The first-order valence-corrected chi connectivity index (χ1v) is 8.49. The second kappa shape index (κ2) is 8.53. The molecule has 5 nitrogen and oxygen atoms in total. The number of carbonyl (C=O) groups excluding carboxylic acids is 1. The number of carboxylic acid groups (broad SMARTS) is 1. The number of aliphatic carboxylic acids is 1. The third kappa shape index (κ3) is 5.45. The van der Waals surface area contributed by atoms with Crippen LogP contribution in [0.4, 0.5) is 13.2 Å². The molecule has 144 valence electrons. The van der Waals surface area contributed by atoms with E-state index in [1.807, 2.05) is 6.92 Å². The van der Waals surface area contributed by atoms with E-state index >= 15 is 0 Å². The molecular weight excluding hydrogens is 351 g/mol. The highest BCUT2D eigenvalue weighted by Crippen LogP contribution is 2.29.